The summed E-state index contributed by atoms with van der Waals surface area (Å²) in [5.74, 6) is 2.87. The van der Waals surface area contributed by atoms with Crippen molar-refractivity contribution >= 4 is 17.6 Å². The molecule has 26 heavy (non-hydrogen) atoms. The maximum atomic E-state index is 4.87. The molecular formula is C20H28N6. The van der Waals surface area contributed by atoms with E-state index in [1.54, 1.807) is 0 Å². The van der Waals surface area contributed by atoms with Crippen LogP contribution in [0.15, 0.2) is 30.3 Å². The number of hydrogen-bond donors (Lipinski definition) is 2. The fourth-order valence-electron chi connectivity index (χ4n) is 3.86. The van der Waals surface area contributed by atoms with E-state index in [1.807, 2.05) is 30.3 Å². The Bertz CT molecular complexity index is 656. The Balaban J connectivity index is 1.56. The Hall–Kier alpha value is -2.37. The lowest BCUT2D eigenvalue weighted by Gasteiger charge is -2.28. The molecule has 1 aromatic carbocycles. The smallest absolute Gasteiger partial charge is 0.246 e. The summed E-state index contributed by atoms with van der Waals surface area (Å²) in [6.07, 6.45) is 10.0. The number of para-hydroxylation sites is 1. The van der Waals surface area contributed by atoms with Crippen molar-refractivity contribution in [2.75, 3.05) is 28.8 Å². The minimum Gasteiger partial charge on any atom is -0.341 e. The van der Waals surface area contributed by atoms with E-state index in [0.29, 0.717) is 11.9 Å². The quantitative estimate of drug-likeness (QED) is 0.780. The Morgan fingerprint density at radius 3 is 2.27 bits per heavy atom. The van der Waals surface area contributed by atoms with Crippen LogP contribution in [0.25, 0.3) is 0 Å². The van der Waals surface area contributed by atoms with E-state index in [0.717, 1.165) is 30.5 Å². The second kappa shape index (κ2) is 8.34. The van der Waals surface area contributed by atoms with Crippen molar-refractivity contribution in [3.8, 4) is 0 Å². The molecule has 0 bridgehead atoms. The zero-order valence-electron chi connectivity index (χ0n) is 15.3. The number of benzene rings is 1. The lowest BCUT2D eigenvalue weighted by atomic mass is 9.89. The largest absolute Gasteiger partial charge is 0.341 e. The van der Waals surface area contributed by atoms with Gasteiger partial charge in [-0.2, -0.15) is 15.0 Å². The van der Waals surface area contributed by atoms with Crippen LogP contribution in [0.3, 0.4) is 0 Å². The van der Waals surface area contributed by atoms with Gasteiger partial charge in [-0.05, 0) is 44.2 Å². The molecule has 6 heteroatoms. The van der Waals surface area contributed by atoms with Crippen LogP contribution in [0.4, 0.5) is 17.6 Å². The van der Waals surface area contributed by atoms with Gasteiger partial charge >= 0.3 is 0 Å². The summed E-state index contributed by atoms with van der Waals surface area (Å²) in [6, 6.07) is 10.0. The number of nitrogens with zero attached hydrogens (tertiary/aromatic N) is 4. The van der Waals surface area contributed by atoms with Crippen molar-refractivity contribution in [2.24, 2.45) is 0 Å². The van der Waals surface area contributed by atoms with Gasteiger partial charge in [0.25, 0.3) is 0 Å². The first-order chi connectivity index (χ1) is 12.9. The van der Waals surface area contributed by atoms with Crippen molar-refractivity contribution in [1.29, 1.82) is 0 Å². The number of nitrogens with one attached hydrogen (secondary N) is 2. The topological polar surface area (TPSA) is 66.0 Å². The number of hydrogen-bond acceptors (Lipinski definition) is 6. The number of piperidine rings is 1. The first-order valence-electron chi connectivity index (χ1n) is 9.96. The predicted octanol–water partition coefficient (Wildman–Crippen LogP) is 4.35. The zero-order valence-corrected chi connectivity index (χ0v) is 15.3. The molecule has 1 saturated carbocycles. The van der Waals surface area contributed by atoms with Crippen molar-refractivity contribution in [3.63, 3.8) is 0 Å². The predicted molar refractivity (Wildman–Crippen MR) is 105 cm³/mol. The molecule has 2 aliphatic rings. The molecule has 1 aliphatic heterocycles. The van der Waals surface area contributed by atoms with Gasteiger partial charge in [0.1, 0.15) is 5.82 Å². The summed E-state index contributed by atoms with van der Waals surface area (Å²) in [4.78, 5) is 16.6. The van der Waals surface area contributed by atoms with E-state index in [1.165, 1.54) is 51.4 Å². The Morgan fingerprint density at radius 1 is 0.769 bits per heavy atom. The van der Waals surface area contributed by atoms with Crippen LogP contribution in [-0.2, 0) is 0 Å². The molecule has 2 aromatic rings. The van der Waals surface area contributed by atoms with E-state index < -0.39 is 0 Å². The molecule has 2 fully saturated rings. The Kier molecular flexibility index (Phi) is 5.47. The molecule has 1 saturated heterocycles. The highest BCUT2D eigenvalue weighted by molar-refractivity contribution is 5.48. The molecule has 0 unspecified atom stereocenters. The van der Waals surface area contributed by atoms with Gasteiger partial charge in [0.15, 0.2) is 0 Å². The minimum absolute atomic E-state index is 0.465. The second-order valence-electron chi connectivity index (χ2n) is 7.32. The van der Waals surface area contributed by atoms with Crippen molar-refractivity contribution in [2.45, 2.75) is 57.3 Å². The molecule has 1 aromatic heterocycles. The molecular weight excluding hydrogens is 324 g/mol. The number of hydrazine groups is 1. The minimum atomic E-state index is 0.465. The first kappa shape index (κ1) is 17.1. The fourth-order valence-corrected chi connectivity index (χ4v) is 3.86. The van der Waals surface area contributed by atoms with Crippen LogP contribution < -0.4 is 15.8 Å². The molecule has 2 heterocycles. The molecule has 0 atom stereocenters. The molecule has 138 valence electrons. The molecule has 1 aliphatic carbocycles. The number of rotatable bonds is 5. The summed E-state index contributed by atoms with van der Waals surface area (Å²) in [5, 5.41) is 0. The van der Waals surface area contributed by atoms with E-state index >= 15 is 0 Å². The van der Waals surface area contributed by atoms with Gasteiger partial charge in [-0.1, -0.05) is 37.5 Å². The monoisotopic (exact) mass is 352 g/mol. The van der Waals surface area contributed by atoms with Crippen LogP contribution in [0, 0.1) is 0 Å². The van der Waals surface area contributed by atoms with Gasteiger partial charge < -0.3 is 4.90 Å². The van der Waals surface area contributed by atoms with Gasteiger partial charge in [-0.3, -0.25) is 10.9 Å². The van der Waals surface area contributed by atoms with Crippen LogP contribution in [-0.4, -0.2) is 28.0 Å². The number of anilines is 3. The van der Waals surface area contributed by atoms with Gasteiger partial charge in [-0.25, -0.2) is 0 Å². The van der Waals surface area contributed by atoms with E-state index in [9.17, 15) is 0 Å². The van der Waals surface area contributed by atoms with Crippen molar-refractivity contribution in [1.82, 2.24) is 15.0 Å². The summed E-state index contributed by atoms with van der Waals surface area (Å²) < 4.78 is 0. The normalized spacial score (nSPS) is 18.5. The molecule has 0 amide bonds. The first-order valence-corrected chi connectivity index (χ1v) is 9.96. The average molecular weight is 352 g/mol. The Morgan fingerprint density at radius 2 is 1.50 bits per heavy atom. The maximum Gasteiger partial charge on any atom is 0.246 e. The molecule has 6 nitrogen and oxygen atoms in total. The maximum absolute atomic E-state index is 4.87. The van der Waals surface area contributed by atoms with E-state index in [-0.39, 0.29) is 0 Å². The van der Waals surface area contributed by atoms with Crippen LogP contribution in [0.2, 0.25) is 0 Å². The van der Waals surface area contributed by atoms with Crippen LogP contribution in [0.1, 0.15) is 63.1 Å². The van der Waals surface area contributed by atoms with Crippen LogP contribution in [0.5, 0.6) is 0 Å². The fraction of sp³-hybridized carbons (Fsp3) is 0.550. The summed E-state index contributed by atoms with van der Waals surface area (Å²) in [6.45, 7) is 2.08. The standard InChI is InChI=1S/C20H28N6/c1-4-10-16(11-5-1)18-21-19(25-24-17-12-6-2-7-13-17)23-20(22-18)26-14-8-3-9-15-26/h2,6-7,12-13,16,24H,1,3-5,8-11,14-15H2,(H,21,22,23,25). The highest BCUT2D eigenvalue weighted by Crippen LogP contribution is 2.32. The molecule has 0 radical (unpaired) electrons. The molecule has 0 spiro atoms. The van der Waals surface area contributed by atoms with E-state index in [2.05, 4.69) is 15.8 Å². The summed E-state index contributed by atoms with van der Waals surface area (Å²) >= 11 is 0. The third kappa shape index (κ3) is 4.23. The zero-order chi connectivity index (χ0) is 17.6. The third-order valence-corrected chi connectivity index (χ3v) is 5.34. The second-order valence-corrected chi connectivity index (χ2v) is 7.32. The lowest BCUT2D eigenvalue weighted by Crippen LogP contribution is -2.32. The lowest BCUT2D eigenvalue weighted by molar-refractivity contribution is 0.427. The van der Waals surface area contributed by atoms with E-state index in [4.69, 9.17) is 15.0 Å². The highest BCUT2D eigenvalue weighted by Gasteiger charge is 2.22. The summed E-state index contributed by atoms with van der Waals surface area (Å²) in [5.41, 5.74) is 7.37. The summed E-state index contributed by atoms with van der Waals surface area (Å²) in [7, 11) is 0. The van der Waals surface area contributed by atoms with Crippen LogP contribution >= 0.6 is 0 Å². The van der Waals surface area contributed by atoms with Gasteiger partial charge in [0.2, 0.25) is 11.9 Å². The Labute approximate surface area is 155 Å². The SMILES string of the molecule is c1ccc(NNc2nc(C3CCCCC3)nc(N3CCCCC3)n2)cc1. The van der Waals surface area contributed by atoms with Gasteiger partial charge in [0.05, 0.1) is 5.69 Å². The molecule has 2 N–H and O–H groups in total. The average Bonchev–Trinajstić information content (AvgIpc) is 2.74. The van der Waals surface area contributed by atoms with Gasteiger partial charge in [-0.15, -0.1) is 0 Å². The number of aromatic nitrogens is 3. The van der Waals surface area contributed by atoms with Crippen molar-refractivity contribution < 1.29 is 0 Å². The third-order valence-electron chi connectivity index (χ3n) is 5.34. The van der Waals surface area contributed by atoms with Gasteiger partial charge in [0, 0.05) is 19.0 Å². The highest BCUT2D eigenvalue weighted by atomic mass is 15.4. The molecule has 4 rings (SSSR count). The van der Waals surface area contributed by atoms with Crippen molar-refractivity contribution in [3.05, 3.63) is 36.2 Å².